The highest BCUT2D eigenvalue weighted by molar-refractivity contribution is 7.91. The van der Waals surface area contributed by atoms with Crippen LogP contribution in [0.2, 0.25) is 0 Å². The summed E-state index contributed by atoms with van der Waals surface area (Å²) >= 11 is 1.21. The van der Waals surface area contributed by atoms with E-state index >= 15 is 0 Å². The van der Waals surface area contributed by atoms with E-state index in [9.17, 15) is 8.42 Å². The van der Waals surface area contributed by atoms with E-state index < -0.39 is 10.0 Å². The minimum atomic E-state index is -3.49. The van der Waals surface area contributed by atoms with Crippen LogP contribution in [0, 0.1) is 0 Å². The lowest BCUT2D eigenvalue weighted by Gasteiger charge is -2.31. The molecule has 0 bridgehead atoms. The van der Waals surface area contributed by atoms with Crippen LogP contribution in [0.5, 0.6) is 5.75 Å². The van der Waals surface area contributed by atoms with E-state index in [0.717, 1.165) is 18.4 Å². The largest absolute Gasteiger partial charge is 0.494 e. The lowest BCUT2D eigenvalue weighted by atomic mass is 9.92. The molecule has 3 heterocycles. The van der Waals surface area contributed by atoms with Gasteiger partial charge in [0.2, 0.25) is 0 Å². The molecule has 0 saturated carbocycles. The highest BCUT2D eigenvalue weighted by atomic mass is 32.2. The lowest BCUT2D eigenvalue weighted by Crippen LogP contribution is -2.38. The Morgan fingerprint density at radius 2 is 2.09 bits per heavy atom. The van der Waals surface area contributed by atoms with Gasteiger partial charge in [0, 0.05) is 25.5 Å². The second kappa shape index (κ2) is 6.36. The number of ether oxygens (including phenoxy) is 1. The van der Waals surface area contributed by atoms with Crippen LogP contribution in [-0.2, 0) is 10.0 Å². The number of thiophene rings is 1. The minimum Gasteiger partial charge on any atom is -0.494 e. The topological polar surface area (TPSA) is 59.5 Å². The van der Waals surface area contributed by atoms with Gasteiger partial charge in [-0.25, -0.2) is 8.42 Å². The number of sulfonamides is 1. The Morgan fingerprint density at radius 1 is 1.32 bits per heavy atom. The molecule has 1 saturated heterocycles. The Kier molecular flexibility index (Phi) is 4.46. The Bertz CT molecular complexity index is 728. The predicted molar refractivity (Wildman–Crippen MR) is 85.8 cm³/mol. The molecule has 0 radical (unpaired) electrons. The van der Waals surface area contributed by atoms with Crippen LogP contribution in [0.3, 0.4) is 0 Å². The molecule has 2 aromatic rings. The van der Waals surface area contributed by atoms with Crippen LogP contribution in [0.25, 0.3) is 0 Å². The van der Waals surface area contributed by atoms with E-state index in [2.05, 4.69) is 4.98 Å². The number of aromatic nitrogens is 1. The van der Waals surface area contributed by atoms with Crippen molar-refractivity contribution in [2.24, 2.45) is 0 Å². The van der Waals surface area contributed by atoms with E-state index in [1.54, 1.807) is 28.1 Å². The van der Waals surface area contributed by atoms with Crippen molar-refractivity contribution in [2.75, 3.05) is 20.2 Å². The summed E-state index contributed by atoms with van der Waals surface area (Å²) < 4.78 is 32.7. The zero-order valence-electron chi connectivity index (χ0n) is 12.3. The average Bonchev–Trinajstić information content (AvgIpc) is 3.05. The predicted octanol–water partition coefficient (Wildman–Crippen LogP) is 2.72. The first-order valence-electron chi connectivity index (χ1n) is 7.14. The van der Waals surface area contributed by atoms with E-state index in [-0.39, 0.29) is 5.92 Å². The second-order valence-electron chi connectivity index (χ2n) is 5.26. The monoisotopic (exact) mass is 338 g/mol. The standard InChI is InChI=1S/C15H18N2O3S2/c1-20-14-6-10-21-15(14)22(18,19)17-9-2-3-13(11-17)12-4-7-16-8-5-12/h4-8,10,13H,2-3,9,11H2,1H3/t13-/m0/s1. The number of pyridine rings is 1. The van der Waals surface area contributed by atoms with Crippen LogP contribution in [-0.4, -0.2) is 37.9 Å². The molecule has 7 heteroatoms. The SMILES string of the molecule is COc1ccsc1S(=O)(=O)N1CCC[C@H](c2ccncc2)C1. The number of nitrogens with zero attached hydrogens (tertiary/aromatic N) is 2. The molecular formula is C15H18N2O3S2. The van der Waals surface area contributed by atoms with E-state index in [1.165, 1.54) is 18.4 Å². The van der Waals surface area contributed by atoms with Gasteiger partial charge in [-0.3, -0.25) is 4.98 Å². The van der Waals surface area contributed by atoms with Gasteiger partial charge in [-0.2, -0.15) is 4.31 Å². The van der Waals surface area contributed by atoms with Crippen LogP contribution in [0.4, 0.5) is 0 Å². The first kappa shape index (κ1) is 15.5. The van der Waals surface area contributed by atoms with Gasteiger partial charge in [0.25, 0.3) is 10.0 Å². The molecule has 0 N–H and O–H groups in total. The number of rotatable bonds is 4. The summed E-state index contributed by atoms with van der Waals surface area (Å²) in [5.74, 6) is 0.647. The van der Waals surface area contributed by atoms with Gasteiger partial charge in [-0.15, -0.1) is 11.3 Å². The summed E-state index contributed by atoms with van der Waals surface area (Å²) in [6.45, 7) is 1.07. The third-order valence-electron chi connectivity index (χ3n) is 3.95. The van der Waals surface area contributed by atoms with E-state index in [4.69, 9.17) is 4.74 Å². The summed E-state index contributed by atoms with van der Waals surface area (Å²) in [7, 11) is -1.99. The van der Waals surface area contributed by atoms with Crippen molar-refractivity contribution in [1.82, 2.24) is 9.29 Å². The quantitative estimate of drug-likeness (QED) is 0.860. The van der Waals surface area contributed by atoms with Crippen LogP contribution in [0.1, 0.15) is 24.3 Å². The number of piperidine rings is 1. The van der Waals surface area contributed by atoms with Crippen LogP contribution >= 0.6 is 11.3 Å². The lowest BCUT2D eigenvalue weighted by molar-refractivity contribution is 0.314. The van der Waals surface area contributed by atoms with E-state index in [0.29, 0.717) is 23.0 Å². The first-order chi connectivity index (χ1) is 10.6. The van der Waals surface area contributed by atoms with Crippen molar-refractivity contribution in [3.8, 4) is 5.75 Å². The van der Waals surface area contributed by atoms with Crippen molar-refractivity contribution in [3.63, 3.8) is 0 Å². The maximum absolute atomic E-state index is 12.8. The second-order valence-corrected chi connectivity index (χ2v) is 8.31. The number of methoxy groups -OCH3 is 1. The third-order valence-corrected chi connectivity index (χ3v) is 7.24. The maximum atomic E-state index is 12.8. The maximum Gasteiger partial charge on any atom is 0.256 e. The third kappa shape index (κ3) is 2.88. The summed E-state index contributed by atoms with van der Waals surface area (Å²) in [5, 5.41) is 1.75. The van der Waals surface area contributed by atoms with Crippen LogP contribution in [0.15, 0.2) is 40.2 Å². The molecule has 2 aromatic heterocycles. The molecule has 0 unspecified atom stereocenters. The molecule has 1 aliphatic heterocycles. The summed E-state index contributed by atoms with van der Waals surface area (Å²) in [5.41, 5.74) is 1.15. The fraction of sp³-hybridized carbons (Fsp3) is 0.400. The van der Waals surface area contributed by atoms with Crippen molar-refractivity contribution in [3.05, 3.63) is 41.5 Å². The normalized spacial score (nSPS) is 20.0. The fourth-order valence-electron chi connectivity index (χ4n) is 2.81. The van der Waals surface area contributed by atoms with E-state index in [1.807, 2.05) is 12.1 Å². The molecule has 3 rings (SSSR count). The average molecular weight is 338 g/mol. The van der Waals surface area contributed by atoms with Crippen molar-refractivity contribution in [2.45, 2.75) is 23.0 Å². The molecule has 1 atom stereocenters. The smallest absolute Gasteiger partial charge is 0.256 e. The van der Waals surface area contributed by atoms with Crippen LogP contribution < -0.4 is 4.74 Å². The molecular weight excluding hydrogens is 320 g/mol. The fourth-order valence-corrected chi connectivity index (χ4v) is 5.75. The molecule has 0 amide bonds. The molecule has 22 heavy (non-hydrogen) atoms. The Morgan fingerprint density at radius 3 is 2.82 bits per heavy atom. The van der Waals surface area contributed by atoms with Gasteiger partial charge < -0.3 is 4.74 Å². The van der Waals surface area contributed by atoms with Crippen molar-refractivity contribution in [1.29, 1.82) is 0 Å². The summed E-state index contributed by atoms with van der Waals surface area (Å²) in [4.78, 5) is 4.02. The summed E-state index contributed by atoms with van der Waals surface area (Å²) in [6, 6.07) is 5.63. The minimum absolute atomic E-state index is 0.220. The van der Waals surface area contributed by atoms with Gasteiger partial charge in [0.1, 0.15) is 5.75 Å². The van der Waals surface area contributed by atoms with Gasteiger partial charge in [-0.05, 0) is 47.9 Å². The van der Waals surface area contributed by atoms with Gasteiger partial charge in [0.05, 0.1) is 7.11 Å². The zero-order chi connectivity index (χ0) is 15.6. The molecule has 5 nitrogen and oxygen atoms in total. The summed E-state index contributed by atoms with van der Waals surface area (Å²) in [6.07, 6.45) is 5.37. The highest BCUT2D eigenvalue weighted by Crippen LogP contribution is 2.35. The highest BCUT2D eigenvalue weighted by Gasteiger charge is 2.33. The van der Waals surface area contributed by atoms with Gasteiger partial charge in [0.15, 0.2) is 4.21 Å². The number of hydrogen-bond donors (Lipinski definition) is 0. The number of hydrogen-bond acceptors (Lipinski definition) is 5. The zero-order valence-corrected chi connectivity index (χ0v) is 13.9. The van der Waals surface area contributed by atoms with Crippen molar-refractivity contribution < 1.29 is 13.2 Å². The Hall–Kier alpha value is -1.44. The molecule has 0 aliphatic carbocycles. The molecule has 1 aliphatic rings. The molecule has 0 spiro atoms. The van der Waals surface area contributed by atoms with Crippen molar-refractivity contribution >= 4 is 21.4 Å². The molecule has 1 fully saturated rings. The molecule has 118 valence electrons. The first-order valence-corrected chi connectivity index (χ1v) is 9.46. The molecule has 0 aromatic carbocycles. The Labute approximate surface area is 134 Å². The van der Waals surface area contributed by atoms with Gasteiger partial charge in [-0.1, -0.05) is 0 Å². The van der Waals surface area contributed by atoms with Gasteiger partial charge >= 0.3 is 0 Å². The Balaban J connectivity index is 1.85.